The van der Waals surface area contributed by atoms with Gasteiger partial charge in [0, 0.05) is 18.1 Å². The molecule has 1 amide bonds. The maximum Gasteiger partial charge on any atom is 0.240 e. The molecule has 0 aromatic carbocycles. The van der Waals surface area contributed by atoms with E-state index in [1.54, 1.807) is 22.4 Å². The van der Waals surface area contributed by atoms with E-state index in [2.05, 4.69) is 4.98 Å². The number of thiazole rings is 1. The van der Waals surface area contributed by atoms with Crippen LogP contribution in [0.15, 0.2) is 11.6 Å². The molecule has 0 bridgehead atoms. The average molecular weight is 283 g/mol. The minimum absolute atomic E-state index is 0.00245. The van der Waals surface area contributed by atoms with Crippen molar-refractivity contribution in [2.45, 2.75) is 32.9 Å². The normalized spacial score (nSPS) is 22.3. The van der Waals surface area contributed by atoms with Crippen LogP contribution in [0.1, 0.15) is 31.9 Å². The van der Waals surface area contributed by atoms with Crippen molar-refractivity contribution in [3.8, 4) is 0 Å². The molecule has 19 heavy (non-hydrogen) atoms. The lowest BCUT2D eigenvalue weighted by atomic mass is 9.86. The van der Waals surface area contributed by atoms with Gasteiger partial charge in [0.25, 0.3) is 0 Å². The van der Waals surface area contributed by atoms with Gasteiger partial charge in [-0.2, -0.15) is 0 Å². The van der Waals surface area contributed by atoms with Crippen LogP contribution in [0.3, 0.4) is 0 Å². The quantitative estimate of drug-likeness (QED) is 0.891. The molecular weight excluding hydrogens is 262 g/mol. The number of carbonyl (C=O) groups is 1. The Kier molecular flexibility index (Phi) is 4.23. The van der Waals surface area contributed by atoms with Crippen LogP contribution < -0.4 is 5.73 Å². The van der Waals surface area contributed by atoms with Gasteiger partial charge in [-0.25, -0.2) is 4.98 Å². The molecular formula is C13H21N3O2S. The molecule has 0 spiro atoms. The molecule has 2 rings (SSSR count). The largest absolute Gasteiger partial charge is 0.367 e. The van der Waals surface area contributed by atoms with Gasteiger partial charge >= 0.3 is 0 Å². The molecule has 2 atom stereocenters. The van der Waals surface area contributed by atoms with Crippen LogP contribution in [0.25, 0.3) is 0 Å². The van der Waals surface area contributed by atoms with Crippen molar-refractivity contribution in [1.82, 2.24) is 9.88 Å². The number of ether oxygens (including phenoxy) is 1. The summed E-state index contributed by atoms with van der Waals surface area (Å²) in [6.45, 7) is 7.62. The maximum atomic E-state index is 12.4. The summed E-state index contributed by atoms with van der Waals surface area (Å²) in [6.07, 6.45) is 1.63. The molecule has 0 aliphatic carbocycles. The first-order valence-corrected chi connectivity index (χ1v) is 7.33. The second-order valence-corrected chi connectivity index (χ2v) is 6.78. The average Bonchev–Trinajstić information content (AvgIpc) is 2.90. The molecule has 2 heterocycles. The third kappa shape index (κ3) is 3.32. The second kappa shape index (κ2) is 5.56. The number of hydrogen-bond donors (Lipinski definition) is 1. The Morgan fingerprint density at radius 1 is 1.63 bits per heavy atom. The summed E-state index contributed by atoms with van der Waals surface area (Å²) in [6, 6.07) is -0.484. The first kappa shape index (κ1) is 14.4. The first-order chi connectivity index (χ1) is 8.89. The van der Waals surface area contributed by atoms with E-state index >= 15 is 0 Å². The number of rotatable bonds is 2. The zero-order chi connectivity index (χ0) is 14.0. The maximum absolute atomic E-state index is 12.4. The number of aromatic nitrogens is 1. The van der Waals surface area contributed by atoms with E-state index < -0.39 is 6.04 Å². The van der Waals surface area contributed by atoms with Crippen molar-refractivity contribution < 1.29 is 9.53 Å². The van der Waals surface area contributed by atoms with E-state index in [1.807, 2.05) is 26.2 Å². The van der Waals surface area contributed by atoms with Gasteiger partial charge in [-0.1, -0.05) is 20.8 Å². The summed E-state index contributed by atoms with van der Waals surface area (Å²) in [4.78, 5) is 18.4. The van der Waals surface area contributed by atoms with Crippen LogP contribution in [0.5, 0.6) is 0 Å². The SMILES string of the molecule is CC(C)(C)[C@H](N)C(=O)N1CCOC(c2nccs2)C1. The molecule has 6 heteroatoms. The predicted octanol–water partition coefficient (Wildman–Crippen LogP) is 1.42. The molecule has 0 radical (unpaired) electrons. The van der Waals surface area contributed by atoms with Crippen molar-refractivity contribution >= 4 is 17.2 Å². The highest BCUT2D eigenvalue weighted by Crippen LogP contribution is 2.26. The van der Waals surface area contributed by atoms with Gasteiger partial charge in [-0.15, -0.1) is 11.3 Å². The fourth-order valence-electron chi connectivity index (χ4n) is 1.96. The topological polar surface area (TPSA) is 68.5 Å². The van der Waals surface area contributed by atoms with Gasteiger partial charge in [-0.3, -0.25) is 4.79 Å². The Bertz CT molecular complexity index is 428. The van der Waals surface area contributed by atoms with E-state index in [1.165, 1.54) is 0 Å². The van der Waals surface area contributed by atoms with Crippen molar-refractivity contribution in [2.24, 2.45) is 11.1 Å². The number of morpholine rings is 1. The summed E-state index contributed by atoms with van der Waals surface area (Å²) in [5.41, 5.74) is 5.81. The van der Waals surface area contributed by atoms with Gasteiger partial charge in [0.2, 0.25) is 5.91 Å². The number of nitrogens with zero attached hydrogens (tertiary/aromatic N) is 2. The highest BCUT2D eigenvalue weighted by Gasteiger charge is 2.34. The fraction of sp³-hybridized carbons (Fsp3) is 0.692. The standard InChI is InChI=1S/C13H21N3O2S/c1-13(2,3)10(14)12(17)16-5-6-18-9(8-16)11-15-4-7-19-11/h4,7,9-10H,5-6,8,14H2,1-3H3/t9?,10-/m1/s1. The number of carbonyl (C=O) groups excluding carboxylic acids is 1. The van der Waals surface area contributed by atoms with Crippen LogP contribution in [0.2, 0.25) is 0 Å². The van der Waals surface area contributed by atoms with E-state index in [0.29, 0.717) is 19.7 Å². The van der Waals surface area contributed by atoms with Crippen molar-refractivity contribution in [1.29, 1.82) is 0 Å². The van der Waals surface area contributed by atoms with Crippen molar-refractivity contribution in [3.63, 3.8) is 0 Å². The third-order valence-corrected chi connectivity index (χ3v) is 4.17. The number of amides is 1. The smallest absolute Gasteiger partial charge is 0.240 e. The summed E-state index contributed by atoms with van der Waals surface area (Å²) < 4.78 is 5.68. The Labute approximate surface area is 117 Å². The molecule has 0 saturated carbocycles. The highest BCUT2D eigenvalue weighted by atomic mass is 32.1. The van der Waals surface area contributed by atoms with Gasteiger partial charge in [0.15, 0.2) is 0 Å². The number of hydrogen-bond acceptors (Lipinski definition) is 5. The zero-order valence-corrected chi connectivity index (χ0v) is 12.4. The molecule has 1 saturated heterocycles. The number of nitrogens with two attached hydrogens (primary N) is 1. The minimum Gasteiger partial charge on any atom is -0.367 e. The second-order valence-electron chi connectivity index (χ2n) is 5.86. The summed E-state index contributed by atoms with van der Waals surface area (Å²) in [5, 5.41) is 2.84. The van der Waals surface area contributed by atoms with Crippen LogP contribution >= 0.6 is 11.3 Å². The van der Waals surface area contributed by atoms with Gasteiger partial charge in [0.1, 0.15) is 11.1 Å². The first-order valence-electron chi connectivity index (χ1n) is 6.45. The molecule has 1 aromatic heterocycles. The monoisotopic (exact) mass is 283 g/mol. The van der Waals surface area contributed by atoms with Crippen LogP contribution in [-0.4, -0.2) is 41.5 Å². The van der Waals surface area contributed by atoms with Gasteiger partial charge in [0.05, 0.1) is 19.2 Å². The van der Waals surface area contributed by atoms with E-state index in [9.17, 15) is 4.79 Å². The van der Waals surface area contributed by atoms with E-state index in [-0.39, 0.29) is 17.4 Å². The van der Waals surface area contributed by atoms with E-state index in [4.69, 9.17) is 10.5 Å². The van der Waals surface area contributed by atoms with Crippen LogP contribution in [0, 0.1) is 5.41 Å². The Morgan fingerprint density at radius 3 is 2.95 bits per heavy atom. The van der Waals surface area contributed by atoms with Crippen molar-refractivity contribution in [2.75, 3.05) is 19.7 Å². The molecule has 5 nitrogen and oxygen atoms in total. The molecule has 1 aliphatic rings. The predicted molar refractivity (Wildman–Crippen MR) is 74.8 cm³/mol. The summed E-state index contributed by atoms with van der Waals surface area (Å²) in [5.74, 6) is -0.00245. The molecule has 1 aliphatic heterocycles. The molecule has 1 fully saturated rings. The van der Waals surface area contributed by atoms with Gasteiger partial charge < -0.3 is 15.4 Å². The van der Waals surface area contributed by atoms with Crippen LogP contribution in [-0.2, 0) is 9.53 Å². The lowest BCUT2D eigenvalue weighted by Gasteiger charge is -2.36. The zero-order valence-electron chi connectivity index (χ0n) is 11.6. The van der Waals surface area contributed by atoms with Crippen LogP contribution in [0.4, 0.5) is 0 Å². The molecule has 106 valence electrons. The van der Waals surface area contributed by atoms with E-state index in [0.717, 1.165) is 5.01 Å². The molecule has 1 unspecified atom stereocenters. The molecule has 2 N–H and O–H groups in total. The molecule has 1 aromatic rings. The fourth-order valence-corrected chi connectivity index (χ4v) is 2.64. The Morgan fingerprint density at radius 2 is 2.37 bits per heavy atom. The summed E-state index contributed by atoms with van der Waals surface area (Å²) >= 11 is 1.55. The lowest BCUT2D eigenvalue weighted by Crippen LogP contribution is -2.53. The van der Waals surface area contributed by atoms with Gasteiger partial charge in [-0.05, 0) is 5.41 Å². The highest BCUT2D eigenvalue weighted by molar-refractivity contribution is 7.09. The third-order valence-electron chi connectivity index (χ3n) is 3.30. The summed E-state index contributed by atoms with van der Waals surface area (Å²) in [7, 11) is 0. The van der Waals surface area contributed by atoms with Crippen molar-refractivity contribution in [3.05, 3.63) is 16.6 Å². The Hall–Kier alpha value is -0.980. The minimum atomic E-state index is -0.484. The Balaban J connectivity index is 2.03. The lowest BCUT2D eigenvalue weighted by molar-refractivity contribution is -0.142.